The average molecular weight is 283 g/mol. The second-order valence-corrected chi connectivity index (χ2v) is 6.06. The fourth-order valence-corrected chi connectivity index (χ4v) is 3.14. The second-order valence-electron chi connectivity index (χ2n) is 6.06. The number of hydrogen-bond donors (Lipinski definition) is 2. The van der Waals surface area contributed by atoms with Crippen molar-refractivity contribution in [2.45, 2.75) is 65.2 Å². The molecule has 1 aliphatic carbocycles. The number of hydrogen-bond acceptors (Lipinski definition) is 2. The minimum absolute atomic E-state index is 0.0433. The van der Waals surface area contributed by atoms with E-state index in [9.17, 15) is 9.59 Å². The van der Waals surface area contributed by atoms with Crippen LogP contribution in [-0.2, 0) is 9.59 Å². The third-order valence-corrected chi connectivity index (χ3v) is 4.47. The number of carbonyl (C=O) groups excluding carboxylic acids is 1. The van der Waals surface area contributed by atoms with Crippen molar-refractivity contribution in [3.63, 3.8) is 0 Å². The van der Waals surface area contributed by atoms with Gasteiger partial charge in [-0.15, -0.1) is 0 Å². The van der Waals surface area contributed by atoms with Crippen LogP contribution in [0, 0.1) is 17.8 Å². The van der Waals surface area contributed by atoms with Crippen LogP contribution in [-0.4, -0.2) is 23.5 Å². The van der Waals surface area contributed by atoms with Crippen LogP contribution < -0.4 is 5.32 Å². The van der Waals surface area contributed by atoms with E-state index in [1.807, 2.05) is 13.8 Å². The zero-order valence-electron chi connectivity index (χ0n) is 12.9. The fraction of sp³-hybridized carbons (Fsp3) is 0.875. The molecular weight excluding hydrogens is 254 g/mol. The van der Waals surface area contributed by atoms with E-state index >= 15 is 0 Å². The number of nitrogens with one attached hydrogen (secondary N) is 1. The van der Waals surface area contributed by atoms with Crippen molar-refractivity contribution in [1.82, 2.24) is 5.32 Å². The van der Waals surface area contributed by atoms with Crippen molar-refractivity contribution in [3.05, 3.63) is 0 Å². The van der Waals surface area contributed by atoms with Gasteiger partial charge in [0, 0.05) is 12.5 Å². The van der Waals surface area contributed by atoms with Crippen molar-refractivity contribution >= 4 is 11.9 Å². The molecule has 4 heteroatoms. The Balaban J connectivity index is 2.39. The van der Waals surface area contributed by atoms with Crippen LogP contribution in [0.1, 0.15) is 65.2 Å². The van der Waals surface area contributed by atoms with Gasteiger partial charge in [-0.1, -0.05) is 46.0 Å². The molecule has 4 nitrogen and oxygen atoms in total. The Morgan fingerprint density at radius 1 is 1.20 bits per heavy atom. The largest absolute Gasteiger partial charge is 0.481 e. The highest BCUT2D eigenvalue weighted by Gasteiger charge is 2.25. The third-order valence-electron chi connectivity index (χ3n) is 4.47. The van der Waals surface area contributed by atoms with Crippen LogP contribution in [0.2, 0.25) is 0 Å². The fourth-order valence-electron chi connectivity index (χ4n) is 3.14. The van der Waals surface area contributed by atoms with Gasteiger partial charge < -0.3 is 10.4 Å². The Morgan fingerprint density at radius 2 is 1.85 bits per heavy atom. The van der Waals surface area contributed by atoms with Crippen LogP contribution in [0.5, 0.6) is 0 Å². The van der Waals surface area contributed by atoms with Crippen LogP contribution in [0.3, 0.4) is 0 Å². The van der Waals surface area contributed by atoms with Gasteiger partial charge in [0.2, 0.25) is 5.91 Å². The molecule has 2 atom stereocenters. The molecular formula is C16H29NO3. The lowest BCUT2D eigenvalue weighted by Crippen LogP contribution is -2.37. The van der Waals surface area contributed by atoms with Gasteiger partial charge >= 0.3 is 5.97 Å². The van der Waals surface area contributed by atoms with Crippen molar-refractivity contribution in [2.75, 3.05) is 6.54 Å². The molecule has 0 bridgehead atoms. The standard InChI is InChI=1S/C16H29NO3/c1-3-7-14(16(19)20)11-17-15(18)13(4-2)10-12-8-5-6-9-12/h12-14H,3-11H2,1-2H3,(H,17,18)(H,19,20). The predicted molar refractivity (Wildman–Crippen MR) is 79.4 cm³/mol. The van der Waals surface area contributed by atoms with Crippen LogP contribution in [0.15, 0.2) is 0 Å². The summed E-state index contributed by atoms with van der Waals surface area (Å²) >= 11 is 0. The van der Waals surface area contributed by atoms with Crippen molar-refractivity contribution in [3.8, 4) is 0 Å². The first kappa shape index (κ1) is 17.0. The Labute approximate surface area is 122 Å². The molecule has 20 heavy (non-hydrogen) atoms. The maximum atomic E-state index is 12.2. The molecule has 0 heterocycles. The Bertz CT molecular complexity index is 311. The molecule has 0 spiro atoms. The summed E-state index contributed by atoms with van der Waals surface area (Å²) in [7, 11) is 0. The molecule has 0 aromatic rings. The first-order chi connectivity index (χ1) is 9.58. The zero-order chi connectivity index (χ0) is 15.0. The van der Waals surface area contributed by atoms with Crippen molar-refractivity contribution in [2.24, 2.45) is 17.8 Å². The average Bonchev–Trinajstić information content (AvgIpc) is 2.93. The van der Waals surface area contributed by atoms with E-state index < -0.39 is 11.9 Å². The van der Waals surface area contributed by atoms with E-state index in [2.05, 4.69) is 5.32 Å². The Morgan fingerprint density at radius 3 is 2.35 bits per heavy atom. The summed E-state index contributed by atoms with van der Waals surface area (Å²) in [6.45, 7) is 4.27. The molecule has 0 aliphatic heterocycles. The van der Waals surface area contributed by atoms with Gasteiger partial charge in [0.25, 0.3) is 0 Å². The number of carbonyl (C=O) groups is 2. The van der Waals surface area contributed by atoms with Crippen LogP contribution >= 0.6 is 0 Å². The monoisotopic (exact) mass is 283 g/mol. The minimum atomic E-state index is -0.809. The molecule has 1 rings (SSSR count). The van der Waals surface area contributed by atoms with Gasteiger partial charge in [-0.2, -0.15) is 0 Å². The van der Waals surface area contributed by atoms with E-state index in [1.165, 1.54) is 25.7 Å². The minimum Gasteiger partial charge on any atom is -0.481 e. The van der Waals surface area contributed by atoms with Gasteiger partial charge in [0.15, 0.2) is 0 Å². The highest BCUT2D eigenvalue weighted by molar-refractivity contribution is 5.79. The first-order valence-corrected chi connectivity index (χ1v) is 8.08. The summed E-state index contributed by atoms with van der Waals surface area (Å²) in [5.41, 5.74) is 0. The Hall–Kier alpha value is -1.06. The lowest BCUT2D eigenvalue weighted by atomic mass is 9.90. The number of aliphatic carboxylic acids is 1. The third kappa shape index (κ3) is 5.51. The molecule has 0 radical (unpaired) electrons. The molecule has 1 saturated carbocycles. The van der Waals surface area contributed by atoms with E-state index in [1.54, 1.807) is 0 Å². The SMILES string of the molecule is CCCC(CNC(=O)C(CC)CC1CCCC1)C(=O)O. The van der Waals surface area contributed by atoms with Gasteiger partial charge in [0.05, 0.1) is 5.92 Å². The summed E-state index contributed by atoms with van der Waals surface area (Å²) in [6, 6.07) is 0. The predicted octanol–water partition coefficient (Wildman–Crippen LogP) is 3.21. The number of amides is 1. The molecule has 2 unspecified atom stereocenters. The molecule has 2 N–H and O–H groups in total. The summed E-state index contributed by atoms with van der Waals surface area (Å²) in [5.74, 6) is -0.475. The van der Waals surface area contributed by atoms with Crippen LogP contribution in [0.4, 0.5) is 0 Å². The van der Waals surface area contributed by atoms with E-state index in [0.29, 0.717) is 12.3 Å². The van der Waals surface area contributed by atoms with E-state index in [-0.39, 0.29) is 18.4 Å². The summed E-state index contributed by atoms with van der Waals surface area (Å²) in [6.07, 6.45) is 8.33. The van der Waals surface area contributed by atoms with Gasteiger partial charge in [-0.3, -0.25) is 9.59 Å². The zero-order valence-corrected chi connectivity index (χ0v) is 12.9. The van der Waals surface area contributed by atoms with Crippen LogP contribution in [0.25, 0.3) is 0 Å². The maximum Gasteiger partial charge on any atom is 0.308 e. The van der Waals surface area contributed by atoms with E-state index in [0.717, 1.165) is 19.3 Å². The number of carboxylic acid groups (broad SMARTS) is 1. The molecule has 1 aliphatic rings. The molecule has 0 saturated heterocycles. The smallest absolute Gasteiger partial charge is 0.308 e. The molecule has 1 fully saturated rings. The quantitative estimate of drug-likeness (QED) is 0.683. The first-order valence-electron chi connectivity index (χ1n) is 8.08. The summed E-state index contributed by atoms with van der Waals surface area (Å²) in [5, 5.41) is 11.9. The molecule has 116 valence electrons. The number of rotatable bonds is 9. The highest BCUT2D eigenvalue weighted by atomic mass is 16.4. The van der Waals surface area contributed by atoms with Crippen molar-refractivity contribution < 1.29 is 14.7 Å². The molecule has 0 aromatic heterocycles. The topological polar surface area (TPSA) is 66.4 Å². The molecule has 0 aromatic carbocycles. The normalized spacial score (nSPS) is 18.7. The maximum absolute atomic E-state index is 12.2. The van der Waals surface area contributed by atoms with Crippen molar-refractivity contribution in [1.29, 1.82) is 0 Å². The highest BCUT2D eigenvalue weighted by Crippen LogP contribution is 2.31. The lowest BCUT2D eigenvalue weighted by Gasteiger charge is -2.20. The lowest BCUT2D eigenvalue weighted by molar-refractivity contribution is -0.142. The molecule has 1 amide bonds. The summed E-state index contributed by atoms with van der Waals surface area (Å²) < 4.78 is 0. The summed E-state index contributed by atoms with van der Waals surface area (Å²) in [4.78, 5) is 23.3. The second kappa shape index (κ2) is 8.98. The van der Waals surface area contributed by atoms with E-state index in [4.69, 9.17) is 5.11 Å². The van der Waals surface area contributed by atoms with Gasteiger partial charge in [-0.25, -0.2) is 0 Å². The Kier molecular flexibility index (Phi) is 7.63. The van der Waals surface area contributed by atoms with Gasteiger partial charge in [0.1, 0.15) is 0 Å². The number of carboxylic acids is 1. The van der Waals surface area contributed by atoms with Gasteiger partial charge in [-0.05, 0) is 25.2 Å².